The Labute approximate surface area is 130 Å². The van der Waals surface area contributed by atoms with Gasteiger partial charge in [0.05, 0.1) is 0 Å². The highest BCUT2D eigenvalue weighted by atomic mass is 16.5. The second-order valence-corrected chi connectivity index (χ2v) is 5.82. The number of hydrogen-bond acceptors (Lipinski definition) is 3. The number of carbonyl (C=O) groups is 2. The van der Waals surface area contributed by atoms with Gasteiger partial charge in [-0.05, 0) is 37.0 Å². The van der Waals surface area contributed by atoms with Gasteiger partial charge in [0.15, 0.2) is 6.61 Å². The second kappa shape index (κ2) is 7.82. The average molecular weight is 305 g/mol. The smallest absolute Gasteiger partial charge is 0.341 e. The molecule has 0 aromatic heterocycles. The van der Waals surface area contributed by atoms with Gasteiger partial charge >= 0.3 is 5.97 Å². The summed E-state index contributed by atoms with van der Waals surface area (Å²) in [6.45, 7) is 1.78. The van der Waals surface area contributed by atoms with Crippen molar-refractivity contribution in [2.45, 2.75) is 45.1 Å². The van der Waals surface area contributed by atoms with Crippen LogP contribution in [0.3, 0.4) is 0 Å². The van der Waals surface area contributed by atoms with Gasteiger partial charge < -0.3 is 15.2 Å². The van der Waals surface area contributed by atoms with E-state index in [4.69, 9.17) is 9.84 Å². The molecule has 2 unspecified atom stereocenters. The van der Waals surface area contributed by atoms with E-state index in [0.717, 1.165) is 25.7 Å². The van der Waals surface area contributed by atoms with Crippen LogP contribution in [-0.4, -0.2) is 29.6 Å². The Morgan fingerprint density at radius 3 is 2.91 bits per heavy atom. The van der Waals surface area contributed by atoms with E-state index in [1.54, 1.807) is 24.3 Å². The first kappa shape index (κ1) is 16.3. The highest BCUT2D eigenvalue weighted by molar-refractivity contribution is 5.94. The lowest BCUT2D eigenvalue weighted by Gasteiger charge is -2.29. The molecule has 0 aliphatic heterocycles. The second-order valence-electron chi connectivity index (χ2n) is 5.82. The highest BCUT2D eigenvalue weighted by Crippen LogP contribution is 2.26. The molecule has 1 aliphatic carbocycles. The first-order valence-electron chi connectivity index (χ1n) is 7.84. The Kier molecular flexibility index (Phi) is 5.81. The zero-order valence-electron chi connectivity index (χ0n) is 12.9. The van der Waals surface area contributed by atoms with Gasteiger partial charge in [-0.1, -0.05) is 32.3 Å². The lowest BCUT2D eigenvalue weighted by Crippen LogP contribution is -2.38. The van der Waals surface area contributed by atoms with Crippen LogP contribution in [0.25, 0.3) is 0 Å². The fourth-order valence-electron chi connectivity index (χ4n) is 2.93. The lowest BCUT2D eigenvalue weighted by molar-refractivity contribution is -0.139. The van der Waals surface area contributed by atoms with Crippen molar-refractivity contribution in [1.82, 2.24) is 5.32 Å². The summed E-state index contributed by atoms with van der Waals surface area (Å²) in [7, 11) is 0. The molecule has 120 valence electrons. The third-order valence-corrected chi connectivity index (χ3v) is 4.15. The van der Waals surface area contributed by atoms with Crippen molar-refractivity contribution in [3.05, 3.63) is 29.8 Å². The number of nitrogens with one attached hydrogen (secondary N) is 1. The zero-order chi connectivity index (χ0) is 15.9. The number of carboxylic acid groups (broad SMARTS) is 1. The predicted octanol–water partition coefficient (Wildman–Crippen LogP) is 2.85. The topological polar surface area (TPSA) is 75.6 Å². The number of ether oxygens (including phenoxy) is 1. The predicted molar refractivity (Wildman–Crippen MR) is 83.1 cm³/mol. The number of amides is 1. The molecule has 1 aliphatic rings. The fraction of sp³-hybridized carbons (Fsp3) is 0.529. The third kappa shape index (κ3) is 4.76. The summed E-state index contributed by atoms with van der Waals surface area (Å²) in [5.74, 6) is -0.0698. The monoisotopic (exact) mass is 305 g/mol. The molecule has 1 fully saturated rings. The Balaban J connectivity index is 1.94. The van der Waals surface area contributed by atoms with Crippen LogP contribution in [0.1, 0.15) is 49.4 Å². The number of aliphatic carboxylic acids is 1. The first-order chi connectivity index (χ1) is 10.6. The summed E-state index contributed by atoms with van der Waals surface area (Å²) in [5.41, 5.74) is 0.501. The molecule has 1 saturated carbocycles. The molecule has 1 amide bonds. The van der Waals surface area contributed by atoms with Gasteiger partial charge in [-0.15, -0.1) is 0 Å². The van der Waals surface area contributed by atoms with Crippen molar-refractivity contribution in [2.24, 2.45) is 5.92 Å². The molecular weight excluding hydrogens is 282 g/mol. The molecule has 5 nitrogen and oxygen atoms in total. The Morgan fingerprint density at radius 1 is 1.36 bits per heavy atom. The number of carbonyl (C=O) groups excluding carboxylic acids is 1. The SMILES string of the molecule is CCC1CCCC(NC(=O)c2cccc(OCC(=O)O)c2)C1. The van der Waals surface area contributed by atoms with Crippen LogP contribution < -0.4 is 10.1 Å². The summed E-state index contributed by atoms with van der Waals surface area (Å²) in [4.78, 5) is 22.8. The first-order valence-corrected chi connectivity index (χ1v) is 7.84. The zero-order valence-corrected chi connectivity index (χ0v) is 12.9. The highest BCUT2D eigenvalue weighted by Gasteiger charge is 2.22. The summed E-state index contributed by atoms with van der Waals surface area (Å²) in [6, 6.07) is 6.87. The van der Waals surface area contributed by atoms with Crippen molar-refractivity contribution < 1.29 is 19.4 Å². The summed E-state index contributed by atoms with van der Waals surface area (Å²) in [6.07, 6.45) is 5.63. The van der Waals surface area contributed by atoms with Crippen LogP contribution in [0, 0.1) is 5.92 Å². The van der Waals surface area contributed by atoms with E-state index in [9.17, 15) is 9.59 Å². The van der Waals surface area contributed by atoms with Crippen LogP contribution in [0.15, 0.2) is 24.3 Å². The minimum Gasteiger partial charge on any atom is -0.482 e. The fourth-order valence-corrected chi connectivity index (χ4v) is 2.93. The van der Waals surface area contributed by atoms with Crippen molar-refractivity contribution >= 4 is 11.9 Å². The van der Waals surface area contributed by atoms with E-state index in [1.165, 1.54) is 6.42 Å². The average Bonchev–Trinajstić information content (AvgIpc) is 2.53. The standard InChI is InChI=1S/C17H23NO4/c1-2-12-5-3-7-14(9-12)18-17(21)13-6-4-8-15(10-13)22-11-16(19)20/h4,6,8,10,12,14H,2-3,5,7,9,11H2,1H3,(H,18,21)(H,19,20). The van der Waals surface area contributed by atoms with Crippen LogP contribution >= 0.6 is 0 Å². The van der Waals surface area contributed by atoms with E-state index in [-0.39, 0.29) is 11.9 Å². The van der Waals surface area contributed by atoms with Crippen LogP contribution in [0.2, 0.25) is 0 Å². The normalized spacial score (nSPS) is 21.1. The molecule has 22 heavy (non-hydrogen) atoms. The number of benzene rings is 1. The number of carboxylic acids is 1. The molecule has 1 aromatic carbocycles. The molecule has 0 heterocycles. The van der Waals surface area contributed by atoms with Crippen molar-refractivity contribution in [3.8, 4) is 5.75 Å². The maximum Gasteiger partial charge on any atom is 0.341 e. The summed E-state index contributed by atoms with van der Waals surface area (Å²) < 4.78 is 5.10. The van der Waals surface area contributed by atoms with Gasteiger partial charge in [-0.2, -0.15) is 0 Å². The van der Waals surface area contributed by atoms with Crippen LogP contribution in [0.5, 0.6) is 5.75 Å². The van der Waals surface area contributed by atoms with Gasteiger partial charge in [0.25, 0.3) is 5.91 Å². The molecular formula is C17H23NO4. The molecule has 1 aromatic rings. The molecule has 0 radical (unpaired) electrons. The quantitative estimate of drug-likeness (QED) is 0.847. The molecule has 5 heteroatoms. The Morgan fingerprint density at radius 2 is 2.18 bits per heavy atom. The molecule has 0 spiro atoms. The van der Waals surface area contributed by atoms with Crippen LogP contribution in [-0.2, 0) is 4.79 Å². The van der Waals surface area contributed by atoms with E-state index in [1.807, 2.05) is 0 Å². The molecule has 2 atom stereocenters. The molecule has 0 saturated heterocycles. The van der Waals surface area contributed by atoms with Gasteiger partial charge in [0, 0.05) is 11.6 Å². The summed E-state index contributed by atoms with van der Waals surface area (Å²) >= 11 is 0. The summed E-state index contributed by atoms with van der Waals surface area (Å²) in [5, 5.41) is 11.7. The molecule has 2 rings (SSSR count). The van der Waals surface area contributed by atoms with Crippen molar-refractivity contribution in [3.63, 3.8) is 0 Å². The maximum atomic E-state index is 12.3. The number of rotatable bonds is 6. The van der Waals surface area contributed by atoms with Crippen molar-refractivity contribution in [1.29, 1.82) is 0 Å². The van der Waals surface area contributed by atoms with E-state index >= 15 is 0 Å². The largest absolute Gasteiger partial charge is 0.482 e. The van der Waals surface area contributed by atoms with Gasteiger partial charge in [0.2, 0.25) is 0 Å². The van der Waals surface area contributed by atoms with Gasteiger partial charge in [0.1, 0.15) is 5.75 Å². The minimum absolute atomic E-state index is 0.123. The Bertz CT molecular complexity index is 529. The van der Waals surface area contributed by atoms with E-state index in [2.05, 4.69) is 12.2 Å². The Hall–Kier alpha value is -2.04. The molecule has 0 bridgehead atoms. The lowest BCUT2D eigenvalue weighted by atomic mass is 9.84. The van der Waals surface area contributed by atoms with Crippen molar-refractivity contribution in [2.75, 3.05) is 6.61 Å². The van der Waals surface area contributed by atoms with E-state index < -0.39 is 12.6 Å². The molecule has 2 N–H and O–H groups in total. The minimum atomic E-state index is -1.04. The van der Waals surface area contributed by atoms with Gasteiger partial charge in [-0.25, -0.2) is 4.79 Å². The van der Waals surface area contributed by atoms with Crippen LogP contribution in [0.4, 0.5) is 0 Å². The van der Waals surface area contributed by atoms with Gasteiger partial charge in [-0.3, -0.25) is 4.79 Å². The third-order valence-electron chi connectivity index (χ3n) is 4.15. The number of hydrogen-bond donors (Lipinski definition) is 2. The van der Waals surface area contributed by atoms with E-state index in [0.29, 0.717) is 17.2 Å². The maximum absolute atomic E-state index is 12.3.